The molecule has 0 amide bonds. The van der Waals surface area contributed by atoms with Gasteiger partial charge in [-0.1, -0.05) is 148 Å². The molecule has 0 heterocycles. The van der Waals surface area contributed by atoms with Crippen LogP contribution in [0.4, 0.5) is 79.0 Å². The van der Waals surface area contributed by atoms with Gasteiger partial charge in [0.1, 0.15) is 11.7 Å². The minimum Gasteiger partial charge on any atom is -0.462 e. The van der Waals surface area contributed by atoms with Crippen LogP contribution in [0.1, 0.15) is 348 Å². The molecule has 0 spiro atoms. The van der Waals surface area contributed by atoms with E-state index >= 15 is 0 Å². The Hall–Kier alpha value is -5.75. The van der Waals surface area contributed by atoms with Gasteiger partial charge in [0, 0.05) is 0 Å². The fraction of sp³-hybridized carbons (Fsp3) is 0.852. The highest BCUT2D eigenvalue weighted by atomic mass is 19.4. The maximum atomic E-state index is 12.4. The lowest BCUT2D eigenvalue weighted by molar-refractivity contribution is -0.240. The van der Waals surface area contributed by atoms with E-state index in [1.807, 2.05) is 41.5 Å². The quantitative estimate of drug-likeness (QED) is 0.0541. The summed E-state index contributed by atoms with van der Waals surface area (Å²) in [6, 6.07) is 9.08. The van der Waals surface area contributed by atoms with Crippen molar-refractivity contribution in [1.82, 2.24) is 0 Å². The van der Waals surface area contributed by atoms with Crippen LogP contribution in [0.25, 0.3) is 0 Å². The zero-order valence-electron chi connectivity index (χ0n) is 77.8. The third kappa shape index (κ3) is 49.7. The van der Waals surface area contributed by atoms with Gasteiger partial charge in [0.2, 0.25) is 0 Å². The van der Waals surface area contributed by atoms with Crippen molar-refractivity contribution in [3.05, 3.63) is 35.4 Å². The Morgan fingerprint density at radius 2 is 0.642 bits per heavy atom. The molecular formula is C88H148F18O14. The van der Waals surface area contributed by atoms with Crippen molar-refractivity contribution in [1.29, 1.82) is 0 Å². The van der Waals surface area contributed by atoms with Crippen LogP contribution in [0, 0.1) is 61.1 Å². The number of ether oxygens (including phenoxy) is 7. The fourth-order valence-electron chi connectivity index (χ4n) is 9.41. The van der Waals surface area contributed by atoms with Crippen molar-refractivity contribution < 1.29 is 146 Å². The van der Waals surface area contributed by atoms with Crippen LogP contribution in [0.2, 0.25) is 0 Å². The second-order valence-electron chi connectivity index (χ2n) is 37.7. The Labute approximate surface area is 704 Å². The minimum absolute atomic E-state index is 0.0239. The van der Waals surface area contributed by atoms with Gasteiger partial charge in [-0.15, -0.1) is 0 Å². The van der Waals surface area contributed by atoms with Crippen LogP contribution < -0.4 is 0 Å². The summed E-state index contributed by atoms with van der Waals surface area (Å²) in [5.74, 6) is -2.44. The van der Waals surface area contributed by atoms with E-state index in [9.17, 15) is 113 Å². The Morgan fingerprint density at radius 1 is 0.358 bits per heavy atom. The molecule has 1 aromatic carbocycles. The zero-order chi connectivity index (χ0) is 96.5. The first-order chi connectivity index (χ1) is 53.3. The van der Waals surface area contributed by atoms with Crippen LogP contribution in [0.5, 0.6) is 0 Å². The smallest absolute Gasteiger partial charge is 0.425 e. The number of alkyl halides is 18. The van der Waals surface area contributed by atoms with Gasteiger partial charge in [-0.05, 0) is 253 Å². The molecular weight excluding hydrogens is 1620 g/mol. The SMILES string of the molecule is CCC(C)(C(=O)OCC(F)(F)F)C(F)(F)F.CCC(C)(C)C(=O)OC(C)(C)C1CCC(C)CC1.CCC(C)(C)C(=O)OC(C)C(F)(F)F.CCC(C)(C)C(=O)OC(C)C(F)(F)F.CCC(C)(C)C(=O)OC1CCC(C(C)(C)C)CC1.CCC(C)(C)C(=O)OCC(F)(F)F.CCC(C)(C)C(=O)OCC(F)(F)F.CCC(C)c1ccc(C(C)(C)C)cc1. The molecule has 0 aromatic heterocycles. The molecule has 2 saturated carbocycles. The molecule has 0 aliphatic heterocycles. The fourth-order valence-corrected chi connectivity index (χ4v) is 9.41. The summed E-state index contributed by atoms with van der Waals surface area (Å²) in [6.07, 6.45) is -18.2. The lowest BCUT2D eigenvalue weighted by atomic mass is 9.72. The van der Waals surface area contributed by atoms with E-state index in [0.29, 0.717) is 49.9 Å². The molecule has 0 saturated heterocycles. The van der Waals surface area contributed by atoms with E-state index in [-0.39, 0.29) is 39.9 Å². The van der Waals surface area contributed by atoms with Crippen LogP contribution in [0.15, 0.2) is 24.3 Å². The second kappa shape index (κ2) is 50.4. The summed E-state index contributed by atoms with van der Waals surface area (Å²) in [5.41, 5.74) is -3.78. The largest absolute Gasteiger partial charge is 0.462 e. The predicted molar refractivity (Wildman–Crippen MR) is 430 cm³/mol. The van der Waals surface area contributed by atoms with Gasteiger partial charge in [-0.3, -0.25) is 33.6 Å². The molecule has 4 unspecified atom stereocenters. The molecule has 32 heteroatoms. The topological polar surface area (TPSA) is 184 Å². The average Bonchev–Trinajstić information content (AvgIpc) is 0.795. The van der Waals surface area contributed by atoms with Crippen molar-refractivity contribution in [3.63, 3.8) is 0 Å². The first kappa shape index (κ1) is 123. The Kier molecular flexibility index (Phi) is 51.6. The number of benzene rings is 1. The van der Waals surface area contributed by atoms with Gasteiger partial charge in [0.05, 0.1) is 32.5 Å². The molecule has 3 rings (SSSR count). The summed E-state index contributed by atoms with van der Waals surface area (Å²) in [6.45, 7) is 54.1. The van der Waals surface area contributed by atoms with E-state index < -0.39 is 132 Å². The molecule has 0 bridgehead atoms. The first-order valence-electron chi connectivity index (χ1n) is 41.2. The number of rotatable bonds is 24. The monoisotopic (exact) mass is 1770 g/mol. The van der Waals surface area contributed by atoms with Gasteiger partial charge >= 0.3 is 78.8 Å². The summed E-state index contributed by atoms with van der Waals surface area (Å²) in [7, 11) is 0. The first-order valence-corrected chi connectivity index (χ1v) is 41.2. The standard InChI is InChI=1S/2C16H30O2.C14H22.2C9H15F3O2.C8H10F6O2.2C8H13F3O2/c1-7-16(5,6)14(17)18-13-10-8-12(9-11-13)15(2,3)4;1-7-15(3,4)14(17)18-16(5,6)13-10-8-12(2)9-11-13;1-6-11(2)12-7-9-13(10-8-12)14(3,4)5;2*1-5-8(3,4)7(13)14-6(2)9(10,11)12;1-3-6(2,8(12,13)14)5(15)16-4-7(9,10)11;2*1-4-7(2,3)6(12)13-5-8(9,10)11/h2*12-13H,7-11H2,1-6H3;7-11H,6H2,1-5H3;2*6H,5H2,1-4H3;3-4H2,1-2H3;2*4-5H2,1-3H3. The molecule has 14 nitrogen and oxygen atoms in total. The molecule has 2 aliphatic rings. The number of hydrogen-bond donors (Lipinski definition) is 0. The van der Waals surface area contributed by atoms with E-state index in [4.69, 9.17) is 9.47 Å². The van der Waals surface area contributed by atoms with Gasteiger partial charge < -0.3 is 33.2 Å². The predicted octanol–water partition coefficient (Wildman–Crippen LogP) is 27.6. The highest BCUT2D eigenvalue weighted by Crippen LogP contribution is 2.44. The molecule has 120 heavy (non-hydrogen) atoms. The normalized spacial score (nSPS) is 17.9. The van der Waals surface area contributed by atoms with Crippen molar-refractivity contribution >= 4 is 41.8 Å². The number of hydrogen-bond acceptors (Lipinski definition) is 14. The maximum Gasteiger partial charge on any atom is 0.425 e. The third-order valence-electron chi connectivity index (χ3n) is 22.5. The third-order valence-corrected chi connectivity index (χ3v) is 22.5. The molecule has 2 fully saturated rings. The van der Waals surface area contributed by atoms with Gasteiger partial charge in [-0.2, -0.15) is 79.0 Å². The molecule has 0 N–H and O–H groups in total. The Balaban J connectivity index is -0.000000421. The highest BCUT2D eigenvalue weighted by molar-refractivity contribution is 5.79. The van der Waals surface area contributed by atoms with Crippen LogP contribution in [-0.4, -0.2) is 123 Å². The van der Waals surface area contributed by atoms with Crippen LogP contribution >= 0.6 is 0 Å². The van der Waals surface area contributed by atoms with Crippen LogP contribution in [-0.2, 0) is 72.1 Å². The molecule has 1 aromatic rings. The Morgan fingerprint density at radius 3 is 0.900 bits per heavy atom. The van der Waals surface area contributed by atoms with Crippen molar-refractivity contribution in [2.75, 3.05) is 19.8 Å². The number of halogens is 18. The maximum absolute atomic E-state index is 12.4. The molecule has 2 aliphatic carbocycles. The summed E-state index contributed by atoms with van der Waals surface area (Å²) in [5, 5.41) is 0. The van der Waals surface area contributed by atoms with Gasteiger partial charge in [0.15, 0.2) is 37.4 Å². The number of carbonyl (C=O) groups excluding carboxylic acids is 7. The number of esters is 7. The van der Waals surface area contributed by atoms with Gasteiger partial charge in [0.25, 0.3) is 0 Å². The van der Waals surface area contributed by atoms with E-state index in [0.717, 1.165) is 58.3 Å². The molecule has 0 radical (unpaired) electrons. The number of carbonyl (C=O) groups is 7. The van der Waals surface area contributed by atoms with E-state index in [1.165, 1.54) is 56.1 Å². The Bertz CT molecular complexity index is 3040. The van der Waals surface area contributed by atoms with Crippen LogP contribution in [0.3, 0.4) is 0 Å². The van der Waals surface area contributed by atoms with Gasteiger partial charge in [-0.25, -0.2) is 0 Å². The molecule has 710 valence electrons. The van der Waals surface area contributed by atoms with Crippen molar-refractivity contribution in [2.45, 2.75) is 404 Å². The van der Waals surface area contributed by atoms with E-state index in [1.54, 1.807) is 83.1 Å². The summed E-state index contributed by atoms with van der Waals surface area (Å²) in [4.78, 5) is 79.7. The average molecular weight is 1770 g/mol. The van der Waals surface area contributed by atoms with E-state index in [2.05, 4.69) is 124 Å². The highest BCUT2D eigenvalue weighted by Gasteiger charge is 2.57. The lowest BCUT2D eigenvalue weighted by Crippen LogP contribution is -2.44. The minimum atomic E-state index is -4.94. The molecule has 4 atom stereocenters. The summed E-state index contributed by atoms with van der Waals surface area (Å²) >= 11 is 0. The van der Waals surface area contributed by atoms with Crippen molar-refractivity contribution in [3.8, 4) is 0 Å². The zero-order valence-corrected chi connectivity index (χ0v) is 77.8. The lowest BCUT2D eigenvalue weighted by Gasteiger charge is -2.39. The second-order valence-corrected chi connectivity index (χ2v) is 37.7. The summed E-state index contributed by atoms with van der Waals surface area (Å²) < 4.78 is 246. The van der Waals surface area contributed by atoms with Crippen molar-refractivity contribution in [2.24, 2.45) is 61.1 Å².